The molecule has 0 bridgehead atoms. The smallest absolute Gasteiger partial charge is 0.224 e. The number of imidazole rings is 1. The molecule has 7 heteroatoms. The largest absolute Gasteiger partial charge is 0.382 e. The second-order valence-corrected chi connectivity index (χ2v) is 4.89. The van der Waals surface area contributed by atoms with Crippen molar-refractivity contribution in [1.29, 1.82) is 0 Å². The van der Waals surface area contributed by atoms with Crippen molar-refractivity contribution < 1.29 is 4.74 Å². The Morgan fingerprint density at radius 1 is 1.50 bits per heavy atom. The van der Waals surface area contributed by atoms with Gasteiger partial charge >= 0.3 is 0 Å². The van der Waals surface area contributed by atoms with Gasteiger partial charge in [-0.15, -0.1) is 0 Å². The molecule has 0 aliphatic heterocycles. The monoisotopic (exact) mass is 248 g/mol. The number of anilines is 2. The van der Waals surface area contributed by atoms with Gasteiger partial charge in [0.1, 0.15) is 5.52 Å². The lowest BCUT2D eigenvalue weighted by Crippen LogP contribution is -2.22. The van der Waals surface area contributed by atoms with Crippen LogP contribution in [0.4, 0.5) is 11.8 Å². The normalized spacial score (nSPS) is 26.7. The first-order valence-corrected chi connectivity index (χ1v) is 5.85. The fraction of sp³-hybridized carbons (Fsp3) is 0.545. The van der Waals surface area contributed by atoms with Gasteiger partial charge < -0.3 is 20.8 Å². The lowest BCUT2D eigenvalue weighted by molar-refractivity contribution is 0.0535. The average molecular weight is 248 g/mol. The SMILES string of the molecule is COC1(Cn2cnc3c(N)nc(N)nc32)CC1C. The number of fused-ring (bicyclic) bond motifs is 1. The van der Waals surface area contributed by atoms with Gasteiger partial charge in [0.15, 0.2) is 11.5 Å². The van der Waals surface area contributed by atoms with Crippen LogP contribution in [0.1, 0.15) is 13.3 Å². The number of nitrogen functional groups attached to an aromatic ring is 2. The summed E-state index contributed by atoms with van der Waals surface area (Å²) in [6, 6.07) is 0. The van der Waals surface area contributed by atoms with Crippen molar-refractivity contribution in [2.24, 2.45) is 5.92 Å². The molecule has 1 saturated carbocycles. The molecule has 0 aromatic carbocycles. The van der Waals surface area contributed by atoms with E-state index >= 15 is 0 Å². The fourth-order valence-corrected chi connectivity index (χ4v) is 2.42. The highest BCUT2D eigenvalue weighted by molar-refractivity contribution is 5.82. The third-order valence-corrected chi connectivity index (χ3v) is 3.74. The van der Waals surface area contributed by atoms with E-state index in [1.165, 1.54) is 0 Å². The Morgan fingerprint density at radius 2 is 2.22 bits per heavy atom. The minimum Gasteiger partial charge on any atom is -0.382 e. The quantitative estimate of drug-likeness (QED) is 0.815. The summed E-state index contributed by atoms with van der Waals surface area (Å²) in [5.41, 5.74) is 12.5. The Kier molecular flexibility index (Phi) is 2.21. The molecule has 1 fully saturated rings. The molecule has 1 aliphatic rings. The fourth-order valence-electron chi connectivity index (χ4n) is 2.42. The third kappa shape index (κ3) is 1.51. The van der Waals surface area contributed by atoms with Crippen molar-refractivity contribution in [2.75, 3.05) is 18.6 Å². The molecule has 96 valence electrons. The maximum atomic E-state index is 5.77. The van der Waals surface area contributed by atoms with Gasteiger partial charge in [-0.3, -0.25) is 0 Å². The molecule has 7 nitrogen and oxygen atoms in total. The average Bonchev–Trinajstić information content (AvgIpc) is 2.77. The molecule has 0 amide bonds. The minimum atomic E-state index is -0.109. The number of nitrogens with zero attached hydrogens (tertiary/aromatic N) is 4. The number of aromatic nitrogens is 4. The van der Waals surface area contributed by atoms with Crippen LogP contribution in [0.3, 0.4) is 0 Å². The van der Waals surface area contributed by atoms with Crippen LogP contribution in [-0.2, 0) is 11.3 Å². The van der Waals surface area contributed by atoms with E-state index in [0.29, 0.717) is 29.4 Å². The van der Waals surface area contributed by atoms with Crippen LogP contribution in [-0.4, -0.2) is 32.2 Å². The molecule has 2 heterocycles. The molecule has 1 aliphatic carbocycles. The van der Waals surface area contributed by atoms with E-state index in [4.69, 9.17) is 16.2 Å². The van der Waals surface area contributed by atoms with Gasteiger partial charge in [-0.1, -0.05) is 6.92 Å². The number of rotatable bonds is 3. The Balaban J connectivity index is 2.03. The van der Waals surface area contributed by atoms with Gasteiger partial charge in [-0.2, -0.15) is 9.97 Å². The Bertz CT molecular complexity index is 605. The minimum absolute atomic E-state index is 0.109. The van der Waals surface area contributed by atoms with Gasteiger partial charge in [0, 0.05) is 7.11 Å². The molecule has 0 spiro atoms. The molecule has 3 rings (SSSR count). The van der Waals surface area contributed by atoms with Crippen molar-refractivity contribution in [3.8, 4) is 0 Å². The lowest BCUT2D eigenvalue weighted by atomic mass is 10.2. The second-order valence-electron chi connectivity index (χ2n) is 4.89. The van der Waals surface area contributed by atoms with E-state index < -0.39 is 0 Å². The van der Waals surface area contributed by atoms with E-state index in [-0.39, 0.29) is 11.5 Å². The Morgan fingerprint density at radius 3 is 2.83 bits per heavy atom. The first-order chi connectivity index (χ1) is 8.55. The van der Waals surface area contributed by atoms with Gasteiger partial charge in [-0.25, -0.2) is 4.98 Å². The van der Waals surface area contributed by atoms with Gasteiger partial charge in [-0.05, 0) is 12.3 Å². The molecule has 0 saturated heterocycles. The highest BCUT2D eigenvalue weighted by Gasteiger charge is 2.52. The van der Waals surface area contributed by atoms with Crippen LogP contribution in [0, 0.1) is 5.92 Å². The van der Waals surface area contributed by atoms with Crippen LogP contribution in [0.5, 0.6) is 0 Å². The second kappa shape index (κ2) is 3.55. The molecular formula is C11H16N6O. The lowest BCUT2D eigenvalue weighted by Gasteiger charge is -2.15. The van der Waals surface area contributed by atoms with Crippen LogP contribution in [0.2, 0.25) is 0 Å². The number of hydrogen-bond acceptors (Lipinski definition) is 6. The van der Waals surface area contributed by atoms with Crippen LogP contribution in [0.15, 0.2) is 6.33 Å². The third-order valence-electron chi connectivity index (χ3n) is 3.74. The molecule has 4 N–H and O–H groups in total. The summed E-state index contributed by atoms with van der Waals surface area (Å²) in [7, 11) is 1.74. The van der Waals surface area contributed by atoms with E-state index in [0.717, 1.165) is 6.42 Å². The standard InChI is InChI=1S/C11H16N6O/c1-6-3-11(6,18-2)4-17-5-14-7-8(12)15-10(13)16-9(7)17/h5-6H,3-4H2,1-2H3,(H4,12,13,15,16). The first-order valence-electron chi connectivity index (χ1n) is 5.85. The summed E-state index contributed by atoms with van der Waals surface area (Å²) in [5, 5.41) is 0. The van der Waals surface area contributed by atoms with Crippen LogP contribution < -0.4 is 11.5 Å². The summed E-state index contributed by atoms with van der Waals surface area (Å²) in [6.07, 6.45) is 2.75. The maximum Gasteiger partial charge on any atom is 0.224 e. The van der Waals surface area contributed by atoms with Crippen molar-refractivity contribution in [3.63, 3.8) is 0 Å². The highest BCUT2D eigenvalue weighted by atomic mass is 16.5. The molecule has 2 aromatic rings. The summed E-state index contributed by atoms with van der Waals surface area (Å²) in [5.74, 6) is 1.01. The predicted molar refractivity (Wildman–Crippen MR) is 67.7 cm³/mol. The molecule has 18 heavy (non-hydrogen) atoms. The maximum absolute atomic E-state index is 5.77. The summed E-state index contributed by atoms with van der Waals surface area (Å²) < 4.78 is 7.52. The van der Waals surface area contributed by atoms with Gasteiger partial charge in [0.25, 0.3) is 0 Å². The highest BCUT2D eigenvalue weighted by Crippen LogP contribution is 2.47. The van der Waals surface area contributed by atoms with Crippen molar-refractivity contribution in [2.45, 2.75) is 25.5 Å². The Hall–Kier alpha value is -1.89. The first kappa shape index (κ1) is 11.2. The summed E-state index contributed by atoms with van der Waals surface area (Å²) in [4.78, 5) is 12.3. The zero-order valence-electron chi connectivity index (χ0n) is 10.4. The number of hydrogen-bond donors (Lipinski definition) is 2. The van der Waals surface area contributed by atoms with Crippen LogP contribution >= 0.6 is 0 Å². The van der Waals surface area contributed by atoms with E-state index in [9.17, 15) is 0 Å². The zero-order valence-corrected chi connectivity index (χ0v) is 10.4. The molecule has 2 aromatic heterocycles. The number of methoxy groups -OCH3 is 1. The molecule has 2 unspecified atom stereocenters. The van der Waals surface area contributed by atoms with Crippen molar-refractivity contribution in [1.82, 2.24) is 19.5 Å². The summed E-state index contributed by atoms with van der Waals surface area (Å²) >= 11 is 0. The number of nitrogens with two attached hydrogens (primary N) is 2. The van der Waals surface area contributed by atoms with Crippen molar-refractivity contribution >= 4 is 22.9 Å². The predicted octanol–water partition coefficient (Wildman–Crippen LogP) is 0.416. The van der Waals surface area contributed by atoms with E-state index in [1.54, 1.807) is 13.4 Å². The zero-order chi connectivity index (χ0) is 12.9. The topological polar surface area (TPSA) is 105 Å². The summed E-state index contributed by atoms with van der Waals surface area (Å²) in [6.45, 7) is 2.87. The van der Waals surface area contributed by atoms with E-state index in [1.807, 2.05) is 4.57 Å². The molecular weight excluding hydrogens is 232 g/mol. The van der Waals surface area contributed by atoms with E-state index in [2.05, 4.69) is 21.9 Å². The van der Waals surface area contributed by atoms with Gasteiger partial charge in [0.05, 0.1) is 18.5 Å². The Labute approximate surface area is 104 Å². The molecule has 0 radical (unpaired) electrons. The van der Waals surface area contributed by atoms with Crippen LogP contribution in [0.25, 0.3) is 11.2 Å². The van der Waals surface area contributed by atoms with Crippen molar-refractivity contribution in [3.05, 3.63) is 6.33 Å². The van der Waals surface area contributed by atoms with Gasteiger partial charge in [0.2, 0.25) is 5.95 Å². The molecule has 2 atom stereocenters. The number of ether oxygens (including phenoxy) is 1.